The molecule has 1 N–H and O–H groups in total. The van der Waals surface area contributed by atoms with E-state index in [1.807, 2.05) is 30.3 Å². The molecule has 3 heterocycles. The first-order chi connectivity index (χ1) is 10.2. The number of aromatic nitrogens is 1. The van der Waals surface area contributed by atoms with Crippen molar-refractivity contribution in [1.82, 2.24) is 14.8 Å². The van der Waals surface area contributed by atoms with Gasteiger partial charge in [0.2, 0.25) is 5.91 Å². The number of rotatable bonds is 3. The van der Waals surface area contributed by atoms with E-state index in [0.29, 0.717) is 0 Å². The van der Waals surface area contributed by atoms with E-state index in [-0.39, 0.29) is 24.0 Å². The first kappa shape index (κ1) is 14.5. The van der Waals surface area contributed by atoms with Crippen molar-refractivity contribution in [1.29, 1.82) is 0 Å². The summed E-state index contributed by atoms with van der Waals surface area (Å²) >= 11 is 0. The Balaban J connectivity index is 1.75. The molecule has 0 bridgehead atoms. The quantitative estimate of drug-likeness (QED) is 0.896. The molecule has 3 rings (SSSR count). The highest BCUT2D eigenvalue weighted by Crippen LogP contribution is 2.44. The van der Waals surface area contributed by atoms with Crippen molar-refractivity contribution in [3.8, 4) is 0 Å². The molecule has 2 aliphatic heterocycles. The van der Waals surface area contributed by atoms with Crippen LogP contribution in [0.4, 0.5) is 0 Å². The van der Waals surface area contributed by atoms with Gasteiger partial charge in [0.1, 0.15) is 0 Å². The van der Waals surface area contributed by atoms with E-state index in [4.69, 9.17) is 5.11 Å². The number of nitrogens with zero attached hydrogens (tertiary/aromatic N) is 3. The lowest BCUT2D eigenvalue weighted by Crippen LogP contribution is -2.51. The zero-order valence-electron chi connectivity index (χ0n) is 12.5. The Morgan fingerprint density at radius 1 is 1.43 bits per heavy atom. The number of β-amino-alcohol motifs (C(OH)–C–C–N with tert-alkyl or cyclic N) is 1. The van der Waals surface area contributed by atoms with Crippen LogP contribution in [0.1, 0.15) is 30.7 Å². The normalized spacial score (nSPS) is 25.7. The molecule has 2 fully saturated rings. The van der Waals surface area contributed by atoms with Gasteiger partial charge in [-0.2, -0.15) is 0 Å². The van der Waals surface area contributed by atoms with Crippen LogP contribution in [0.3, 0.4) is 0 Å². The minimum atomic E-state index is -0.0481. The minimum absolute atomic E-state index is 0.0104. The first-order valence-electron chi connectivity index (χ1n) is 7.67. The molecule has 2 aliphatic rings. The van der Waals surface area contributed by atoms with Crippen LogP contribution in [0.25, 0.3) is 0 Å². The number of hydrogen-bond acceptors (Lipinski definition) is 4. The minimum Gasteiger partial charge on any atom is -0.395 e. The third-order valence-electron chi connectivity index (χ3n) is 5.21. The Kier molecular flexibility index (Phi) is 3.95. The van der Waals surface area contributed by atoms with Crippen molar-refractivity contribution in [2.45, 2.75) is 30.7 Å². The monoisotopic (exact) mass is 289 g/mol. The number of carbonyl (C=O) groups is 1. The summed E-state index contributed by atoms with van der Waals surface area (Å²) < 4.78 is 0. The Bertz CT molecular complexity index is 498. The second-order valence-corrected chi connectivity index (χ2v) is 6.23. The topological polar surface area (TPSA) is 56.7 Å². The second kappa shape index (κ2) is 5.73. The Labute approximate surface area is 125 Å². The fourth-order valence-corrected chi connectivity index (χ4v) is 3.79. The standard InChI is InChI=1S/C16H23N3O2/c1-18-15(21)14(13-3-2-6-17-12-13)11-16(18)4-7-19(8-5-16)9-10-20/h2-3,6,12,14,20H,4-5,7-11H2,1H3. The summed E-state index contributed by atoms with van der Waals surface area (Å²) in [6.07, 6.45) is 6.44. The summed E-state index contributed by atoms with van der Waals surface area (Å²) in [4.78, 5) is 21.0. The lowest BCUT2D eigenvalue weighted by atomic mass is 9.81. The number of amides is 1. The molecule has 0 radical (unpaired) electrons. The fraction of sp³-hybridized carbons (Fsp3) is 0.625. The predicted octanol–water partition coefficient (Wildman–Crippen LogP) is 0.854. The van der Waals surface area contributed by atoms with Crippen LogP contribution in [-0.4, -0.2) is 64.6 Å². The Morgan fingerprint density at radius 2 is 2.19 bits per heavy atom. The summed E-state index contributed by atoms with van der Waals surface area (Å²) in [5, 5.41) is 9.05. The molecule has 1 spiro atoms. The molecule has 1 amide bonds. The number of aliphatic hydroxyl groups excluding tert-OH is 1. The summed E-state index contributed by atoms with van der Waals surface area (Å²) in [6, 6.07) is 3.90. The van der Waals surface area contributed by atoms with Gasteiger partial charge in [0.15, 0.2) is 0 Å². The van der Waals surface area contributed by atoms with Gasteiger partial charge in [0.25, 0.3) is 0 Å². The van der Waals surface area contributed by atoms with Crippen molar-refractivity contribution in [3.63, 3.8) is 0 Å². The highest BCUT2D eigenvalue weighted by atomic mass is 16.3. The molecule has 0 saturated carbocycles. The average molecular weight is 289 g/mol. The van der Waals surface area contributed by atoms with Crippen LogP contribution in [0, 0.1) is 0 Å². The molecule has 1 unspecified atom stereocenters. The van der Waals surface area contributed by atoms with Crippen molar-refractivity contribution in [2.24, 2.45) is 0 Å². The van der Waals surface area contributed by atoms with Crippen LogP contribution >= 0.6 is 0 Å². The molecule has 0 aliphatic carbocycles. The number of pyridine rings is 1. The Hall–Kier alpha value is -1.46. The molecule has 1 aromatic heterocycles. The van der Waals surface area contributed by atoms with Gasteiger partial charge in [0.05, 0.1) is 12.5 Å². The molecule has 1 atom stereocenters. The highest BCUT2D eigenvalue weighted by Gasteiger charge is 2.50. The maximum atomic E-state index is 12.6. The maximum absolute atomic E-state index is 12.6. The van der Waals surface area contributed by atoms with E-state index in [1.165, 1.54) is 0 Å². The smallest absolute Gasteiger partial charge is 0.230 e. The third-order valence-corrected chi connectivity index (χ3v) is 5.21. The van der Waals surface area contributed by atoms with Crippen LogP contribution < -0.4 is 0 Å². The number of likely N-dealkylation sites (tertiary alicyclic amines) is 2. The number of piperidine rings is 1. The van der Waals surface area contributed by atoms with Crippen molar-refractivity contribution >= 4 is 5.91 Å². The third kappa shape index (κ3) is 2.56. The zero-order chi connectivity index (χ0) is 14.9. The van der Waals surface area contributed by atoms with Gasteiger partial charge in [-0.05, 0) is 30.9 Å². The van der Waals surface area contributed by atoms with Gasteiger partial charge in [-0.25, -0.2) is 0 Å². The molecule has 5 heteroatoms. The van der Waals surface area contributed by atoms with Gasteiger partial charge in [-0.15, -0.1) is 0 Å². The lowest BCUT2D eigenvalue weighted by Gasteiger charge is -2.43. The maximum Gasteiger partial charge on any atom is 0.230 e. The number of likely N-dealkylation sites (N-methyl/N-ethyl adjacent to an activating group) is 1. The summed E-state index contributed by atoms with van der Waals surface area (Å²) in [6.45, 7) is 2.86. The van der Waals surface area contributed by atoms with Crippen molar-refractivity contribution in [2.75, 3.05) is 33.3 Å². The molecule has 2 saturated heterocycles. The summed E-state index contributed by atoms with van der Waals surface area (Å²) in [5.74, 6) is 0.173. The first-order valence-corrected chi connectivity index (χ1v) is 7.67. The number of carbonyl (C=O) groups excluding carboxylic acids is 1. The zero-order valence-corrected chi connectivity index (χ0v) is 12.5. The SMILES string of the molecule is CN1C(=O)C(c2cccnc2)CC12CCN(CCO)CC2. The van der Waals surface area contributed by atoms with E-state index < -0.39 is 0 Å². The van der Waals surface area contributed by atoms with Gasteiger partial charge in [-0.1, -0.05) is 6.07 Å². The lowest BCUT2D eigenvalue weighted by molar-refractivity contribution is -0.131. The van der Waals surface area contributed by atoms with Crippen LogP contribution in [0.2, 0.25) is 0 Å². The van der Waals surface area contributed by atoms with Gasteiger partial charge >= 0.3 is 0 Å². The Morgan fingerprint density at radius 3 is 2.81 bits per heavy atom. The molecule has 114 valence electrons. The van der Waals surface area contributed by atoms with Crippen LogP contribution in [0.15, 0.2) is 24.5 Å². The van der Waals surface area contributed by atoms with Crippen LogP contribution in [-0.2, 0) is 4.79 Å². The summed E-state index contributed by atoms with van der Waals surface area (Å²) in [7, 11) is 1.94. The molecule has 5 nitrogen and oxygen atoms in total. The van der Waals surface area contributed by atoms with E-state index in [1.54, 1.807) is 6.20 Å². The average Bonchev–Trinajstić information content (AvgIpc) is 2.77. The van der Waals surface area contributed by atoms with Crippen LogP contribution in [0.5, 0.6) is 0 Å². The van der Waals surface area contributed by atoms with E-state index in [0.717, 1.165) is 44.5 Å². The fourth-order valence-electron chi connectivity index (χ4n) is 3.79. The van der Waals surface area contributed by atoms with E-state index >= 15 is 0 Å². The van der Waals surface area contributed by atoms with Gasteiger partial charge < -0.3 is 14.9 Å². The second-order valence-electron chi connectivity index (χ2n) is 6.23. The van der Waals surface area contributed by atoms with Gasteiger partial charge in [0, 0.05) is 44.6 Å². The number of hydrogen-bond donors (Lipinski definition) is 1. The van der Waals surface area contributed by atoms with Crippen molar-refractivity contribution in [3.05, 3.63) is 30.1 Å². The molecule has 0 aromatic carbocycles. The summed E-state index contributed by atoms with van der Waals surface area (Å²) in [5.41, 5.74) is 1.02. The molecule has 21 heavy (non-hydrogen) atoms. The molecular weight excluding hydrogens is 266 g/mol. The predicted molar refractivity (Wildman–Crippen MR) is 79.9 cm³/mol. The highest BCUT2D eigenvalue weighted by molar-refractivity contribution is 5.86. The van der Waals surface area contributed by atoms with E-state index in [2.05, 4.69) is 9.88 Å². The van der Waals surface area contributed by atoms with Crippen molar-refractivity contribution < 1.29 is 9.90 Å². The van der Waals surface area contributed by atoms with Gasteiger partial charge in [-0.3, -0.25) is 9.78 Å². The molecule has 1 aromatic rings. The number of aliphatic hydroxyl groups is 1. The van der Waals surface area contributed by atoms with E-state index in [9.17, 15) is 4.79 Å². The molecular formula is C16H23N3O2. The largest absolute Gasteiger partial charge is 0.395 e.